The van der Waals surface area contributed by atoms with E-state index in [1.54, 1.807) is 12.1 Å². The molecule has 0 radical (unpaired) electrons. The predicted molar refractivity (Wildman–Crippen MR) is 119 cm³/mol. The van der Waals surface area contributed by atoms with E-state index in [4.69, 9.17) is 4.74 Å². The Morgan fingerprint density at radius 1 is 0.710 bits per heavy atom. The van der Waals surface area contributed by atoms with Crippen molar-refractivity contribution in [2.45, 2.75) is 6.42 Å². The van der Waals surface area contributed by atoms with E-state index in [0.717, 1.165) is 23.3 Å². The molecule has 0 unspecified atom stereocenters. The number of hydrogen-bond donors (Lipinski definition) is 0. The van der Waals surface area contributed by atoms with Crippen LogP contribution in [-0.2, 0) is 9.59 Å². The molecule has 0 aromatic heterocycles. The summed E-state index contributed by atoms with van der Waals surface area (Å²) in [5, 5.41) is 0. The molecule has 4 heteroatoms. The maximum atomic E-state index is 13.0. The third kappa shape index (κ3) is 2.82. The fourth-order valence-corrected chi connectivity index (χ4v) is 5.36. The number of para-hydroxylation sites is 1. The van der Waals surface area contributed by atoms with E-state index in [9.17, 15) is 9.59 Å². The van der Waals surface area contributed by atoms with Gasteiger partial charge in [0, 0.05) is 5.56 Å². The van der Waals surface area contributed by atoms with Gasteiger partial charge in [-0.3, -0.25) is 14.5 Å². The first-order valence-electron chi connectivity index (χ1n) is 10.7. The number of carbonyl (C=O) groups excluding carboxylic acids is 2. The number of nitrogens with zero attached hydrogens (tertiary/aromatic N) is 1. The molecule has 1 saturated carbocycles. The summed E-state index contributed by atoms with van der Waals surface area (Å²) in [6.45, 7) is 0. The van der Waals surface area contributed by atoms with Gasteiger partial charge in [0.05, 0.1) is 17.5 Å². The van der Waals surface area contributed by atoms with Crippen LogP contribution in [0.5, 0.6) is 11.5 Å². The van der Waals surface area contributed by atoms with E-state index >= 15 is 0 Å². The molecule has 152 valence electrons. The first kappa shape index (κ1) is 18.1. The fourth-order valence-electron chi connectivity index (χ4n) is 5.36. The van der Waals surface area contributed by atoms with Gasteiger partial charge in [0.1, 0.15) is 11.5 Å². The minimum atomic E-state index is -0.184. The summed E-state index contributed by atoms with van der Waals surface area (Å²) >= 11 is 0. The predicted octanol–water partition coefficient (Wildman–Crippen LogP) is 5.46. The lowest BCUT2D eigenvalue weighted by molar-refractivity contribution is -0.123. The van der Waals surface area contributed by atoms with Crippen LogP contribution in [-0.4, -0.2) is 11.8 Å². The zero-order valence-corrected chi connectivity index (χ0v) is 16.8. The van der Waals surface area contributed by atoms with Crippen LogP contribution in [0.4, 0.5) is 5.69 Å². The molecule has 3 aliphatic rings. The SMILES string of the molecule is O=C1[C@@H]2[C@@H](C(=O)N1c1ccc(Oc3ccccc3-c3ccccc3)cc1)[C@H]1C=C[C@@H]2C1. The van der Waals surface area contributed by atoms with Crippen molar-refractivity contribution in [1.82, 2.24) is 0 Å². The number of fused-ring (bicyclic) bond motifs is 5. The van der Waals surface area contributed by atoms with Crippen molar-refractivity contribution in [3.63, 3.8) is 0 Å². The number of ether oxygens (including phenoxy) is 1. The van der Waals surface area contributed by atoms with E-state index in [1.807, 2.05) is 54.6 Å². The smallest absolute Gasteiger partial charge is 0.238 e. The first-order chi connectivity index (χ1) is 15.2. The van der Waals surface area contributed by atoms with Gasteiger partial charge in [-0.15, -0.1) is 0 Å². The summed E-state index contributed by atoms with van der Waals surface area (Å²) in [7, 11) is 0. The lowest BCUT2D eigenvalue weighted by Crippen LogP contribution is -2.32. The van der Waals surface area contributed by atoms with Gasteiger partial charge in [-0.1, -0.05) is 60.7 Å². The Kier molecular flexibility index (Phi) is 4.06. The lowest BCUT2D eigenvalue weighted by Gasteiger charge is -2.18. The number of benzene rings is 3. The van der Waals surface area contributed by atoms with Gasteiger partial charge in [-0.05, 0) is 54.2 Å². The monoisotopic (exact) mass is 407 g/mol. The fraction of sp³-hybridized carbons (Fsp3) is 0.185. The molecular weight excluding hydrogens is 386 g/mol. The Balaban J connectivity index is 1.25. The molecule has 31 heavy (non-hydrogen) atoms. The molecule has 3 aromatic rings. The normalized spacial score (nSPS) is 25.9. The first-order valence-corrected chi connectivity index (χ1v) is 10.7. The second-order valence-electron chi connectivity index (χ2n) is 8.47. The summed E-state index contributed by atoms with van der Waals surface area (Å²) in [6.07, 6.45) is 5.16. The Bertz CT molecular complexity index is 1170. The lowest BCUT2D eigenvalue weighted by atomic mass is 9.85. The third-order valence-electron chi connectivity index (χ3n) is 6.76. The highest BCUT2D eigenvalue weighted by Crippen LogP contribution is 2.53. The highest BCUT2D eigenvalue weighted by atomic mass is 16.5. The standard InChI is InChI=1S/C27H21NO3/c29-26-24-18-10-11-19(16-18)25(24)27(30)28(26)20-12-14-21(15-13-20)31-23-9-5-4-8-22(23)17-6-2-1-3-7-17/h1-15,18-19,24-25H,16H2/t18-,19+,24-,25-/m0/s1. The molecular formula is C27H21NO3. The van der Waals surface area contributed by atoms with Crippen molar-refractivity contribution in [3.05, 3.63) is 91.0 Å². The molecule has 6 rings (SSSR count). The highest BCUT2D eigenvalue weighted by molar-refractivity contribution is 6.22. The molecule has 1 heterocycles. The Hall–Kier alpha value is -3.66. The molecule has 2 fully saturated rings. The van der Waals surface area contributed by atoms with Crippen molar-refractivity contribution in [2.24, 2.45) is 23.7 Å². The van der Waals surface area contributed by atoms with Crippen molar-refractivity contribution in [1.29, 1.82) is 0 Å². The van der Waals surface area contributed by atoms with Crippen LogP contribution < -0.4 is 9.64 Å². The quantitative estimate of drug-likeness (QED) is 0.426. The van der Waals surface area contributed by atoms with Crippen molar-refractivity contribution in [2.75, 3.05) is 4.90 Å². The van der Waals surface area contributed by atoms with Gasteiger partial charge in [0.25, 0.3) is 0 Å². The van der Waals surface area contributed by atoms with Crippen molar-refractivity contribution >= 4 is 17.5 Å². The van der Waals surface area contributed by atoms with Crippen LogP contribution in [0.3, 0.4) is 0 Å². The van der Waals surface area contributed by atoms with Gasteiger partial charge >= 0.3 is 0 Å². The number of hydrogen-bond acceptors (Lipinski definition) is 3. The molecule has 1 aliphatic heterocycles. The van der Waals surface area contributed by atoms with Crippen LogP contribution in [0.15, 0.2) is 91.0 Å². The maximum Gasteiger partial charge on any atom is 0.238 e. The average Bonchev–Trinajstić information content (AvgIpc) is 3.49. The van der Waals surface area contributed by atoms with Crippen LogP contribution >= 0.6 is 0 Å². The van der Waals surface area contributed by atoms with Crippen LogP contribution in [0.1, 0.15) is 6.42 Å². The van der Waals surface area contributed by atoms with Crippen LogP contribution in [0.2, 0.25) is 0 Å². The molecule has 0 spiro atoms. The Labute approximate surface area is 180 Å². The second kappa shape index (κ2) is 6.95. The Morgan fingerprint density at radius 3 is 2.00 bits per heavy atom. The maximum absolute atomic E-state index is 13.0. The number of rotatable bonds is 4. The number of allylic oxidation sites excluding steroid dienone is 2. The van der Waals surface area contributed by atoms with Gasteiger partial charge in [-0.2, -0.15) is 0 Å². The van der Waals surface area contributed by atoms with Gasteiger partial charge in [0.2, 0.25) is 11.8 Å². The summed E-state index contributed by atoms with van der Waals surface area (Å²) in [5.74, 6) is 1.36. The molecule has 2 aliphatic carbocycles. The summed E-state index contributed by atoms with van der Waals surface area (Å²) in [5.41, 5.74) is 2.71. The number of amides is 2. The number of imide groups is 1. The van der Waals surface area contributed by atoms with Crippen LogP contribution in [0, 0.1) is 23.7 Å². The largest absolute Gasteiger partial charge is 0.457 e. The van der Waals surface area contributed by atoms with Gasteiger partial charge in [0.15, 0.2) is 0 Å². The molecule has 3 aromatic carbocycles. The molecule has 0 N–H and O–H groups in total. The summed E-state index contributed by atoms with van der Waals surface area (Å²) in [4.78, 5) is 27.4. The van der Waals surface area contributed by atoms with Gasteiger partial charge < -0.3 is 4.74 Å². The molecule has 1 saturated heterocycles. The Morgan fingerprint density at radius 2 is 1.32 bits per heavy atom. The molecule has 2 amide bonds. The van der Waals surface area contributed by atoms with E-state index in [2.05, 4.69) is 24.3 Å². The summed E-state index contributed by atoms with van der Waals surface area (Å²) in [6, 6.07) is 25.2. The van der Waals surface area contributed by atoms with E-state index < -0.39 is 0 Å². The van der Waals surface area contributed by atoms with Crippen molar-refractivity contribution < 1.29 is 14.3 Å². The summed E-state index contributed by atoms with van der Waals surface area (Å²) < 4.78 is 6.16. The highest BCUT2D eigenvalue weighted by Gasteiger charge is 2.59. The second-order valence-corrected chi connectivity index (χ2v) is 8.47. The zero-order valence-electron chi connectivity index (χ0n) is 16.8. The number of carbonyl (C=O) groups is 2. The van der Waals surface area contributed by atoms with E-state index in [-0.39, 0.29) is 35.5 Å². The minimum absolute atomic E-state index is 0.0602. The van der Waals surface area contributed by atoms with Gasteiger partial charge in [-0.25, -0.2) is 0 Å². The van der Waals surface area contributed by atoms with Crippen molar-refractivity contribution in [3.8, 4) is 22.6 Å². The molecule has 4 nitrogen and oxygen atoms in total. The average molecular weight is 407 g/mol. The third-order valence-corrected chi connectivity index (χ3v) is 6.76. The topological polar surface area (TPSA) is 46.6 Å². The number of anilines is 1. The zero-order chi connectivity index (χ0) is 20.9. The molecule has 2 bridgehead atoms. The minimum Gasteiger partial charge on any atom is -0.457 e. The molecule has 4 atom stereocenters. The van der Waals surface area contributed by atoms with E-state index in [1.165, 1.54) is 4.90 Å². The van der Waals surface area contributed by atoms with Crippen LogP contribution in [0.25, 0.3) is 11.1 Å². The van der Waals surface area contributed by atoms with E-state index in [0.29, 0.717) is 11.4 Å².